The average molecular weight is 356 g/mol. The largest absolute Gasteiger partial charge is 0.489 e. The maximum atomic E-state index is 13.0. The van der Waals surface area contributed by atoms with E-state index in [1.165, 1.54) is 12.1 Å². The van der Waals surface area contributed by atoms with Gasteiger partial charge in [0.05, 0.1) is 0 Å². The smallest absolute Gasteiger partial charge is 0.124 e. The third-order valence-electron chi connectivity index (χ3n) is 4.02. The fourth-order valence-electron chi connectivity index (χ4n) is 2.52. The second kappa shape index (κ2) is 8.04. The van der Waals surface area contributed by atoms with Crippen molar-refractivity contribution in [2.45, 2.75) is 20.1 Å². The number of ether oxygens (including phenoxy) is 1. The summed E-state index contributed by atoms with van der Waals surface area (Å²) in [5.41, 5.74) is 3.99. The maximum absolute atomic E-state index is 13.0. The number of para-hydroxylation sites is 1. The zero-order valence-electron chi connectivity index (χ0n) is 13.9. The van der Waals surface area contributed by atoms with E-state index in [1.54, 1.807) is 12.1 Å². The second-order valence-electron chi connectivity index (χ2n) is 5.79. The van der Waals surface area contributed by atoms with Gasteiger partial charge in [0, 0.05) is 22.8 Å². The first-order valence-electron chi connectivity index (χ1n) is 8.07. The lowest BCUT2D eigenvalue weighted by Gasteiger charge is -2.14. The molecule has 0 saturated carbocycles. The second-order valence-corrected chi connectivity index (χ2v) is 6.20. The molecular formula is C21H19ClFNO. The summed E-state index contributed by atoms with van der Waals surface area (Å²) in [5, 5.41) is 4.14. The van der Waals surface area contributed by atoms with E-state index in [4.69, 9.17) is 16.3 Å². The van der Waals surface area contributed by atoms with E-state index < -0.39 is 0 Å². The Morgan fingerprint density at radius 3 is 2.52 bits per heavy atom. The quantitative estimate of drug-likeness (QED) is 0.587. The Hall–Kier alpha value is -2.52. The highest BCUT2D eigenvalue weighted by atomic mass is 35.5. The molecule has 1 N–H and O–H groups in total. The molecule has 0 aromatic heterocycles. The Morgan fingerprint density at radius 2 is 1.72 bits per heavy atom. The molecule has 0 bridgehead atoms. The van der Waals surface area contributed by atoms with E-state index in [0.29, 0.717) is 13.2 Å². The van der Waals surface area contributed by atoms with E-state index in [1.807, 2.05) is 49.4 Å². The summed E-state index contributed by atoms with van der Waals surface area (Å²) in [6.45, 7) is 3.01. The lowest BCUT2D eigenvalue weighted by atomic mass is 10.1. The highest BCUT2D eigenvalue weighted by Crippen LogP contribution is 2.25. The molecule has 0 unspecified atom stereocenters. The first-order chi connectivity index (χ1) is 12.1. The number of halogens is 2. The molecule has 3 rings (SSSR count). The molecule has 0 fully saturated rings. The van der Waals surface area contributed by atoms with Crippen molar-refractivity contribution >= 4 is 17.3 Å². The minimum atomic E-state index is -0.245. The summed E-state index contributed by atoms with van der Waals surface area (Å²) in [6.07, 6.45) is 0. The van der Waals surface area contributed by atoms with Crippen LogP contribution < -0.4 is 10.1 Å². The Kier molecular flexibility index (Phi) is 5.56. The SMILES string of the molecule is Cc1c(Cl)cccc1NCc1ccccc1OCc1ccc(F)cc1. The van der Waals surface area contributed by atoms with Crippen molar-refractivity contribution in [1.82, 2.24) is 0 Å². The van der Waals surface area contributed by atoms with Gasteiger partial charge < -0.3 is 10.1 Å². The molecule has 0 heterocycles. The summed E-state index contributed by atoms with van der Waals surface area (Å²) < 4.78 is 18.9. The van der Waals surface area contributed by atoms with Gasteiger partial charge in [0.15, 0.2) is 0 Å². The van der Waals surface area contributed by atoms with Gasteiger partial charge in [-0.2, -0.15) is 0 Å². The van der Waals surface area contributed by atoms with Crippen LogP contribution in [0.15, 0.2) is 66.7 Å². The van der Waals surface area contributed by atoms with Crippen molar-refractivity contribution in [3.8, 4) is 5.75 Å². The molecular weight excluding hydrogens is 337 g/mol. The number of hydrogen-bond acceptors (Lipinski definition) is 2. The monoisotopic (exact) mass is 355 g/mol. The molecule has 0 spiro atoms. The van der Waals surface area contributed by atoms with Gasteiger partial charge in [-0.05, 0) is 48.4 Å². The highest BCUT2D eigenvalue weighted by Gasteiger charge is 2.06. The Morgan fingerprint density at radius 1 is 0.960 bits per heavy atom. The standard InChI is InChI=1S/C21H19ClFNO/c1-15-19(22)6-4-7-20(15)24-13-17-5-2-3-8-21(17)25-14-16-9-11-18(23)12-10-16/h2-12,24H,13-14H2,1H3. The van der Waals surface area contributed by atoms with Gasteiger partial charge in [-0.15, -0.1) is 0 Å². The van der Waals surface area contributed by atoms with E-state index in [2.05, 4.69) is 5.32 Å². The zero-order valence-corrected chi connectivity index (χ0v) is 14.7. The van der Waals surface area contributed by atoms with Gasteiger partial charge in [-0.1, -0.05) is 48.0 Å². The van der Waals surface area contributed by atoms with Gasteiger partial charge in [0.25, 0.3) is 0 Å². The number of anilines is 1. The van der Waals surface area contributed by atoms with E-state index in [0.717, 1.165) is 33.1 Å². The number of hydrogen-bond donors (Lipinski definition) is 1. The molecule has 3 aromatic rings. The van der Waals surface area contributed by atoms with Crippen molar-refractivity contribution in [3.63, 3.8) is 0 Å². The van der Waals surface area contributed by atoms with Crippen molar-refractivity contribution < 1.29 is 9.13 Å². The predicted molar refractivity (Wildman–Crippen MR) is 101 cm³/mol. The van der Waals surface area contributed by atoms with Crippen LogP contribution in [0.5, 0.6) is 5.75 Å². The van der Waals surface area contributed by atoms with Crippen molar-refractivity contribution in [2.75, 3.05) is 5.32 Å². The van der Waals surface area contributed by atoms with Crippen molar-refractivity contribution in [2.24, 2.45) is 0 Å². The molecule has 128 valence electrons. The van der Waals surface area contributed by atoms with Crippen LogP contribution in [-0.4, -0.2) is 0 Å². The van der Waals surface area contributed by atoms with Crippen LogP contribution in [0.25, 0.3) is 0 Å². The minimum absolute atomic E-state index is 0.245. The third-order valence-corrected chi connectivity index (χ3v) is 4.43. The first kappa shape index (κ1) is 17.3. The normalized spacial score (nSPS) is 10.5. The summed E-state index contributed by atoms with van der Waals surface area (Å²) in [6, 6.07) is 20.0. The van der Waals surface area contributed by atoms with Crippen LogP contribution in [0.1, 0.15) is 16.7 Å². The highest BCUT2D eigenvalue weighted by molar-refractivity contribution is 6.31. The van der Waals surface area contributed by atoms with Crippen LogP contribution in [0, 0.1) is 12.7 Å². The lowest BCUT2D eigenvalue weighted by molar-refractivity contribution is 0.303. The lowest BCUT2D eigenvalue weighted by Crippen LogP contribution is -2.04. The number of nitrogens with one attached hydrogen (secondary N) is 1. The fourth-order valence-corrected chi connectivity index (χ4v) is 2.70. The van der Waals surface area contributed by atoms with E-state index in [-0.39, 0.29) is 5.82 Å². The Balaban J connectivity index is 1.68. The molecule has 3 aromatic carbocycles. The molecule has 2 nitrogen and oxygen atoms in total. The maximum Gasteiger partial charge on any atom is 0.124 e. The van der Waals surface area contributed by atoms with Crippen LogP contribution >= 0.6 is 11.6 Å². The number of benzene rings is 3. The molecule has 0 aliphatic heterocycles. The third kappa shape index (κ3) is 4.52. The van der Waals surface area contributed by atoms with Crippen molar-refractivity contribution in [3.05, 3.63) is 94.3 Å². The number of rotatable bonds is 6. The predicted octanol–water partition coefficient (Wildman–Crippen LogP) is 5.98. The molecule has 0 radical (unpaired) electrons. The Labute approximate surface area is 152 Å². The molecule has 0 amide bonds. The summed E-state index contributed by atoms with van der Waals surface area (Å²) >= 11 is 6.16. The van der Waals surface area contributed by atoms with Crippen LogP contribution in [0.3, 0.4) is 0 Å². The molecule has 0 atom stereocenters. The van der Waals surface area contributed by atoms with Gasteiger partial charge in [-0.25, -0.2) is 4.39 Å². The minimum Gasteiger partial charge on any atom is -0.489 e. The van der Waals surface area contributed by atoms with Gasteiger partial charge >= 0.3 is 0 Å². The summed E-state index contributed by atoms with van der Waals surface area (Å²) in [5.74, 6) is 0.559. The molecule has 0 aliphatic carbocycles. The first-order valence-corrected chi connectivity index (χ1v) is 8.45. The van der Waals surface area contributed by atoms with E-state index in [9.17, 15) is 4.39 Å². The van der Waals surface area contributed by atoms with Crippen LogP contribution in [0.2, 0.25) is 5.02 Å². The molecule has 25 heavy (non-hydrogen) atoms. The summed E-state index contributed by atoms with van der Waals surface area (Å²) in [7, 11) is 0. The van der Waals surface area contributed by atoms with Gasteiger partial charge in [0.1, 0.15) is 18.2 Å². The van der Waals surface area contributed by atoms with Crippen molar-refractivity contribution in [1.29, 1.82) is 0 Å². The van der Waals surface area contributed by atoms with Gasteiger partial charge in [-0.3, -0.25) is 0 Å². The Bertz CT molecular complexity index is 849. The fraction of sp³-hybridized carbons (Fsp3) is 0.143. The molecule has 0 aliphatic rings. The van der Waals surface area contributed by atoms with Gasteiger partial charge in [0.2, 0.25) is 0 Å². The van der Waals surface area contributed by atoms with E-state index >= 15 is 0 Å². The average Bonchev–Trinajstić information content (AvgIpc) is 2.63. The van der Waals surface area contributed by atoms with Crippen LogP contribution in [0.4, 0.5) is 10.1 Å². The topological polar surface area (TPSA) is 21.3 Å². The zero-order chi connectivity index (χ0) is 17.6. The summed E-state index contributed by atoms with van der Waals surface area (Å²) in [4.78, 5) is 0. The molecule has 0 saturated heterocycles. The molecule has 4 heteroatoms. The van der Waals surface area contributed by atoms with Crippen LogP contribution in [-0.2, 0) is 13.2 Å².